The Morgan fingerprint density at radius 2 is 1.33 bits per heavy atom. The molecule has 0 radical (unpaired) electrons. The fourth-order valence-corrected chi connectivity index (χ4v) is 2.20. The first kappa shape index (κ1) is 12.9. The van der Waals surface area contributed by atoms with Crippen molar-refractivity contribution >= 4 is 0 Å². The Balaban J connectivity index is 2.80. The summed E-state index contributed by atoms with van der Waals surface area (Å²) in [6, 6.07) is 0. The SMILES string of the molecule is CO[C@H]1[C@H](OC)[C@@H](O)C[C@@H](OC)[C@H]1OC. The summed E-state index contributed by atoms with van der Waals surface area (Å²) in [5, 5.41) is 9.84. The predicted molar refractivity (Wildman–Crippen MR) is 53.8 cm³/mol. The minimum Gasteiger partial charge on any atom is -0.390 e. The third-order valence-corrected chi connectivity index (χ3v) is 2.99. The van der Waals surface area contributed by atoms with Crippen LogP contribution in [0, 0.1) is 0 Å². The molecule has 1 saturated carbocycles. The third kappa shape index (κ3) is 2.49. The van der Waals surface area contributed by atoms with Crippen molar-refractivity contribution in [2.75, 3.05) is 28.4 Å². The Bertz CT molecular complexity index is 187. The molecule has 0 spiro atoms. The molecule has 1 fully saturated rings. The first-order chi connectivity index (χ1) is 7.19. The lowest BCUT2D eigenvalue weighted by molar-refractivity contribution is -0.208. The van der Waals surface area contributed by atoms with Crippen molar-refractivity contribution in [1.82, 2.24) is 0 Å². The molecule has 5 nitrogen and oxygen atoms in total. The molecular formula is C10H20O5. The van der Waals surface area contributed by atoms with E-state index in [1.54, 1.807) is 28.4 Å². The van der Waals surface area contributed by atoms with Crippen LogP contribution >= 0.6 is 0 Å². The zero-order valence-electron chi connectivity index (χ0n) is 9.67. The monoisotopic (exact) mass is 220 g/mol. The van der Waals surface area contributed by atoms with Gasteiger partial charge in [0.1, 0.15) is 18.3 Å². The fourth-order valence-electron chi connectivity index (χ4n) is 2.20. The normalized spacial score (nSPS) is 41.8. The van der Waals surface area contributed by atoms with E-state index in [2.05, 4.69) is 0 Å². The maximum Gasteiger partial charge on any atom is 0.114 e. The summed E-state index contributed by atoms with van der Waals surface area (Å²) in [7, 11) is 6.34. The number of ether oxygens (including phenoxy) is 4. The van der Waals surface area contributed by atoms with Crippen LogP contribution in [-0.2, 0) is 18.9 Å². The average molecular weight is 220 g/mol. The predicted octanol–water partition coefficient (Wildman–Crippen LogP) is -0.189. The topological polar surface area (TPSA) is 57.2 Å². The summed E-state index contributed by atoms with van der Waals surface area (Å²) in [6.45, 7) is 0. The molecule has 1 rings (SSSR count). The van der Waals surface area contributed by atoms with Crippen molar-refractivity contribution in [3.05, 3.63) is 0 Å². The molecule has 1 N–H and O–H groups in total. The van der Waals surface area contributed by atoms with Gasteiger partial charge in [-0.2, -0.15) is 0 Å². The standard InChI is InChI=1S/C10H20O5/c1-12-7-5-6(11)8(13-2)10(15-4)9(7)14-3/h6-11H,5H2,1-4H3/t6-,7+,8+,9+,10-/m0/s1. The lowest BCUT2D eigenvalue weighted by atomic mass is 9.87. The summed E-state index contributed by atoms with van der Waals surface area (Å²) < 4.78 is 21.1. The lowest BCUT2D eigenvalue weighted by Crippen LogP contribution is -2.58. The number of aliphatic hydroxyl groups is 1. The van der Waals surface area contributed by atoms with Crippen LogP contribution in [-0.4, -0.2) is 64.1 Å². The van der Waals surface area contributed by atoms with Crippen molar-refractivity contribution in [1.29, 1.82) is 0 Å². The Morgan fingerprint density at radius 3 is 1.73 bits per heavy atom. The van der Waals surface area contributed by atoms with E-state index in [1.807, 2.05) is 0 Å². The minimum absolute atomic E-state index is 0.165. The summed E-state index contributed by atoms with van der Waals surface area (Å²) in [4.78, 5) is 0. The van der Waals surface area contributed by atoms with Crippen molar-refractivity contribution in [2.24, 2.45) is 0 Å². The Labute approximate surface area is 90.3 Å². The number of hydrogen-bond acceptors (Lipinski definition) is 5. The molecular weight excluding hydrogens is 200 g/mol. The van der Waals surface area contributed by atoms with Crippen molar-refractivity contribution in [2.45, 2.75) is 36.9 Å². The fraction of sp³-hybridized carbons (Fsp3) is 1.00. The highest BCUT2D eigenvalue weighted by atomic mass is 16.6. The van der Waals surface area contributed by atoms with E-state index in [0.29, 0.717) is 6.42 Å². The minimum atomic E-state index is -0.587. The highest BCUT2D eigenvalue weighted by molar-refractivity contribution is 4.95. The van der Waals surface area contributed by atoms with Crippen LogP contribution in [0.2, 0.25) is 0 Å². The van der Waals surface area contributed by atoms with Gasteiger partial charge in [-0.15, -0.1) is 0 Å². The van der Waals surface area contributed by atoms with Gasteiger partial charge in [0.05, 0.1) is 12.2 Å². The molecule has 15 heavy (non-hydrogen) atoms. The van der Waals surface area contributed by atoms with E-state index in [-0.39, 0.29) is 24.4 Å². The Morgan fingerprint density at radius 1 is 0.800 bits per heavy atom. The first-order valence-corrected chi connectivity index (χ1v) is 4.98. The largest absolute Gasteiger partial charge is 0.390 e. The molecule has 0 amide bonds. The van der Waals surface area contributed by atoms with E-state index >= 15 is 0 Å². The number of aliphatic hydroxyl groups excluding tert-OH is 1. The van der Waals surface area contributed by atoms with Gasteiger partial charge < -0.3 is 24.1 Å². The molecule has 0 aromatic carbocycles. The Hall–Kier alpha value is -0.200. The van der Waals surface area contributed by atoms with Gasteiger partial charge >= 0.3 is 0 Å². The van der Waals surface area contributed by atoms with Gasteiger partial charge in [0.2, 0.25) is 0 Å². The van der Waals surface area contributed by atoms with E-state index < -0.39 is 6.10 Å². The van der Waals surface area contributed by atoms with E-state index in [4.69, 9.17) is 18.9 Å². The van der Waals surface area contributed by atoms with Gasteiger partial charge in [-0.3, -0.25) is 0 Å². The maximum absolute atomic E-state index is 9.84. The van der Waals surface area contributed by atoms with Gasteiger partial charge in [0.15, 0.2) is 0 Å². The molecule has 5 atom stereocenters. The lowest BCUT2D eigenvalue weighted by Gasteiger charge is -2.42. The smallest absolute Gasteiger partial charge is 0.114 e. The number of methoxy groups -OCH3 is 4. The van der Waals surface area contributed by atoms with Gasteiger partial charge in [-0.05, 0) is 0 Å². The molecule has 0 bridgehead atoms. The van der Waals surface area contributed by atoms with E-state index in [1.165, 1.54) is 0 Å². The third-order valence-electron chi connectivity index (χ3n) is 2.99. The summed E-state index contributed by atoms with van der Waals surface area (Å²) in [6.07, 6.45) is -1.15. The number of hydrogen-bond donors (Lipinski definition) is 1. The second-order valence-electron chi connectivity index (χ2n) is 3.68. The summed E-state index contributed by atoms with van der Waals surface area (Å²) in [5.41, 5.74) is 0. The molecule has 0 aromatic heterocycles. The number of rotatable bonds is 4. The molecule has 1 aliphatic carbocycles. The van der Waals surface area contributed by atoms with Gasteiger partial charge in [0.25, 0.3) is 0 Å². The highest BCUT2D eigenvalue weighted by Crippen LogP contribution is 2.28. The van der Waals surface area contributed by atoms with Crippen molar-refractivity contribution < 1.29 is 24.1 Å². The summed E-state index contributed by atoms with van der Waals surface area (Å²) >= 11 is 0. The van der Waals surface area contributed by atoms with Crippen LogP contribution in [0.15, 0.2) is 0 Å². The molecule has 0 unspecified atom stereocenters. The highest BCUT2D eigenvalue weighted by Gasteiger charge is 2.45. The molecule has 0 aromatic rings. The van der Waals surface area contributed by atoms with Crippen molar-refractivity contribution in [3.8, 4) is 0 Å². The molecule has 0 heterocycles. The quantitative estimate of drug-likeness (QED) is 0.711. The molecule has 5 heteroatoms. The molecule has 1 aliphatic rings. The van der Waals surface area contributed by atoms with Gasteiger partial charge in [0, 0.05) is 34.9 Å². The van der Waals surface area contributed by atoms with E-state index in [0.717, 1.165) is 0 Å². The second-order valence-corrected chi connectivity index (χ2v) is 3.68. The molecule has 0 saturated heterocycles. The first-order valence-electron chi connectivity index (χ1n) is 4.98. The van der Waals surface area contributed by atoms with Crippen LogP contribution < -0.4 is 0 Å². The Kier molecular flexibility index (Phi) is 4.95. The zero-order chi connectivity index (χ0) is 11.4. The van der Waals surface area contributed by atoms with Crippen LogP contribution in [0.5, 0.6) is 0 Å². The van der Waals surface area contributed by atoms with Crippen LogP contribution in [0.4, 0.5) is 0 Å². The summed E-state index contributed by atoms with van der Waals surface area (Å²) in [5.74, 6) is 0. The maximum atomic E-state index is 9.84. The average Bonchev–Trinajstić information content (AvgIpc) is 2.27. The van der Waals surface area contributed by atoms with Crippen LogP contribution in [0.3, 0.4) is 0 Å². The van der Waals surface area contributed by atoms with Crippen LogP contribution in [0.25, 0.3) is 0 Å². The van der Waals surface area contributed by atoms with Crippen LogP contribution in [0.1, 0.15) is 6.42 Å². The molecule has 90 valence electrons. The van der Waals surface area contributed by atoms with Crippen molar-refractivity contribution in [3.63, 3.8) is 0 Å². The van der Waals surface area contributed by atoms with Gasteiger partial charge in [-0.25, -0.2) is 0 Å². The molecule has 0 aliphatic heterocycles. The zero-order valence-corrected chi connectivity index (χ0v) is 9.67. The second kappa shape index (κ2) is 5.77. The van der Waals surface area contributed by atoms with E-state index in [9.17, 15) is 5.11 Å². The van der Waals surface area contributed by atoms with Gasteiger partial charge in [-0.1, -0.05) is 0 Å².